The fourth-order valence-electron chi connectivity index (χ4n) is 1.64. The van der Waals surface area contributed by atoms with E-state index < -0.39 is 18.8 Å². The van der Waals surface area contributed by atoms with Crippen LogP contribution < -0.4 is 16.0 Å². The second-order valence-electron chi connectivity index (χ2n) is 4.02. The summed E-state index contributed by atoms with van der Waals surface area (Å²) in [5.74, 6) is 0.309. The van der Waals surface area contributed by atoms with Gasteiger partial charge in [0.05, 0.1) is 6.04 Å². The van der Waals surface area contributed by atoms with Gasteiger partial charge in [0.15, 0.2) is 0 Å². The second kappa shape index (κ2) is 5.43. The van der Waals surface area contributed by atoms with Crippen molar-refractivity contribution in [1.29, 1.82) is 0 Å². The number of carbonyl (C=O) groups is 1. The minimum atomic E-state index is -4.47. The summed E-state index contributed by atoms with van der Waals surface area (Å²) in [6.45, 7) is -0.591. The molecular weight excluding hydrogens is 267 g/mol. The van der Waals surface area contributed by atoms with Crippen molar-refractivity contribution in [2.75, 3.05) is 18.4 Å². The molecule has 2 amide bonds. The van der Waals surface area contributed by atoms with Gasteiger partial charge in [-0.2, -0.15) is 13.2 Å². The number of alkyl halides is 3. The summed E-state index contributed by atoms with van der Waals surface area (Å²) < 4.78 is 40.7. The van der Waals surface area contributed by atoms with Crippen molar-refractivity contribution < 1.29 is 22.4 Å². The number of halogens is 3. The Morgan fingerprint density at radius 2 is 2.26 bits per heavy atom. The Kier molecular flexibility index (Phi) is 3.88. The first-order valence-electron chi connectivity index (χ1n) is 5.62. The molecule has 0 bridgehead atoms. The highest BCUT2D eigenvalue weighted by Gasteiger charge is 2.28. The number of hydrogen-bond donors (Lipinski definition) is 3. The molecule has 0 spiro atoms. The highest BCUT2D eigenvalue weighted by Crippen LogP contribution is 2.22. The van der Waals surface area contributed by atoms with Crippen molar-refractivity contribution in [1.82, 2.24) is 20.8 Å². The summed E-state index contributed by atoms with van der Waals surface area (Å²) >= 11 is 0. The standard InChI is InChI=1S/C9H12F3N5O2/c10-9(11,12)4-14-7(18)15-8-17-16-6(19-8)5-2-1-3-13-5/h5,13H,1-4H2,(H2,14,15,17,18). The Morgan fingerprint density at radius 1 is 1.47 bits per heavy atom. The minimum absolute atomic E-state index is 0.0683. The zero-order chi connectivity index (χ0) is 13.9. The van der Waals surface area contributed by atoms with E-state index in [1.165, 1.54) is 0 Å². The summed E-state index contributed by atoms with van der Waals surface area (Å²) in [6.07, 6.45) is -2.66. The van der Waals surface area contributed by atoms with Crippen LogP contribution >= 0.6 is 0 Å². The molecule has 106 valence electrons. The van der Waals surface area contributed by atoms with Gasteiger partial charge in [-0.15, -0.1) is 5.10 Å². The second-order valence-corrected chi connectivity index (χ2v) is 4.02. The SMILES string of the molecule is O=C(NCC(F)(F)F)Nc1nnc(C2CCCN2)o1. The molecule has 1 fully saturated rings. The quantitative estimate of drug-likeness (QED) is 0.772. The van der Waals surface area contributed by atoms with E-state index in [-0.39, 0.29) is 12.1 Å². The van der Waals surface area contributed by atoms with Crippen LogP contribution in [0.4, 0.5) is 24.0 Å². The van der Waals surface area contributed by atoms with Crippen molar-refractivity contribution in [3.63, 3.8) is 0 Å². The average Bonchev–Trinajstić information content (AvgIpc) is 2.94. The highest BCUT2D eigenvalue weighted by atomic mass is 19.4. The molecule has 0 radical (unpaired) electrons. The average molecular weight is 279 g/mol. The number of nitrogens with one attached hydrogen (secondary N) is 3. The molecular formula is C9H12F3N5O2. The zero-order valence-electron chi connectivity index (χ0n) is 9.75. The van der Waals surface area contributed by atoms with Gasteiger partial charge in [-0.25, -0.2) is 4.79 Å². The van der Waals surface area contributed by atoms with E-state index in [9.17, 15) is 18.0 Å². The third kappa shape index (κ3) is 4.09. The normalized spacial score (nSPS) is 19.4. The van der Waals surface area contributed by atoms with Gasteiger partial charge in [0.2, 0.25) is 5.89 Å². The molecule has 1 unspecified atom stereocenters. The van der Waals surface area contributed by atoms with E-state index in [1.54, 1.807) is 5.32 Å². The lowest BCUT2D eigenvalue weighted by Crippen LogP contribution is -2.36. The molecule has 0 aliphatic carbocycles. The van der Waals surface area contributed by atoms with Crippen molar-refractivity contribution in [2.45, 2.75) is 25.1 Å². The van der Waals surface area contributed by atoms with E-state index in [1.807, 2.05) is 5.32 Å². The monoisotopic (exact) mass is 279 g/mol. The van der Waals surface area contributed by atoms with Crippen LogP contribution in [0.2, 0.25) is 0 Å². The van der Waals surface area contributed by atoms with Crippen LogP contribution in [0.15, 0.2) is 4.42 Å². The molecule has 0 saturated carbocycles. The number of amides is 2. The van der Waals surface area contributed by atoms with Gasteiger partial charge in [-0.1, -0.05) is 5.10 Å². The molecule has 3 N–H and O–H groups in total. The molecule has 2 rings (SSSR count). The number of carbonyl (C=O) groups excluding carboxylic acids is 1. The van der Waals surface area contributed by atoms with Gasteiger partial charge < -0.3 is 15.1 Å². The van der Waals surface area contributed by atoms with Gasteiger partial charge in [0.25, 0.3) is 0 Å². The fourth-order valence-corrected chi connectivity index (χ4v) is 1.64. The summed E-state index contributed by atoms with van der Waals surface area (Å²) in [4.78, 5) is 11.1. The topological polar surface area (TPSA) is 92.1 Å². The van der Waals surface area contributed by atoms with Crippen LogP contribution in [0.5, 0.6) is 0 Å². The van der Waals surface area contributed by atoms with E-state index >= 15 is 0 Å². The molecule has 7 nitrogen and oxygen atoms in total. The van der Waals surface area contributed by atoms with E-state index in [2.05, 4.69) is 15.5 Å². The molecule has 19 heavy (non-hydrogen) atoms. The lowest BCUT2D eigenvalue weighted by atomic mass is 10.2. The number of anilines is 1. The minimum Gasteiger partial charge on any atom is -0.406 e. The Bertz CT molecular complexity index is 441. The molecule has 1 atom stereocenters. The van der Waals surface area contributed by atoms with Crippen LogP contribution in [0.25, 0.3) is 0 Å². The maximum absolute atomic E-state index is 11.9. The molecule has 1 aliphatic heterocycles. The van der Waals surface area contributed by atoms with Crippen molar-refractivity contribution in [3.05, 3.63) is 5.89 Å². The summed E-state index contributed by atoms with van der Waals surface area (Å²) in [6, 6.07) is -1.35. The maximum Gasteiger partial charge on any atom is 0.405 e. The van der Waals surface area contributed by atoms with Crippen LogP contribution in [0.3, 0.4) is 0 Å². The molecule has 10 heteroatoms. The Hall–Kier alpha value is -1.84. The van der Waals surface area contributed by atoms with Gasteiger partial charge in [0, 0.05) is 0 Å². The van der Waals surface area contributed by atoms with Crippen LogP contribution in [-0.4, -0.2) is 35.5 Å². The molecule has 2 heterocycles. The predicted octanol–water partition coefficient (Wildman–Crippen LogP) is 1.18. The highest BCUT2D eigenvalue weighted by molar-refractivity contribution is 5.86. The van der Waals surface area contributed by atoms with Gasteiger partial charge >= 0.3 is 18.2 Å². The molecule has 1 saturated heterocycles. The molecule has 1 aromatic rings. The van der Waals surface area contributed by atoms with Crippen molar-refractivity contribution in [2.24, 2.45) is 0 Å². The lowest BCUT2D eigenvalue weighted by molar-refractivity contribution is -0.122. The maximum atomic E-state index is 11.9. The van der Waals surface area contributed by atoms with Gasteiger partial charge in [0.1, 0.15) is 6.54 Å². The first-order valence-corrected chi connectivity index (χ1v) is 5.62. The van der Waals surface area contributed by atoms with Gasteiger partial charge in [-0.05, 0) is 19.4 Å². The first-order chi connectivity index (χ1) is 8.94. The number of hydrogen-bond acceptors (Lipinski definition) is 5. The fraction of sp³-hybridized carbons (Fsp3) is 0.667. The van der Waals surface area contributed by atoms with E-state index in [0.29, 0.717) is 5.89 Å². The van der Waals surface area contributed by atoms with Gasteiger partial charge in [-0.3, -0.25) is 5.32 Å². The third-order valence-electron chi connectivity index (χ3n) is 2.47. The number of rotatable bonds is 3. The number of nitrogens with zero attached hydrogens (tertiary/aromatic N) is 2. The summed E-state index contributed by atoms with van der Waals surface area (Å²) in [5, 5.41) is 14.0. The Labute approximate surface area is 105 Å². The third-order valence-corrected chi connectivity index (χ3v) is 2.47. The molecule has 1 aliphatic rings. The first kappa shape index (κ1) is 13.6. The van der Waals surface area contributed by atoms with Crippen LogP contribution in [-0.2, 0) is 0 Å². The molecule has 0 aromatic carbocycles. The van der Waals surface area contributed by atoms with Crippen molar-refractivity contribution in [3.8, 4) is 0 Å². The zero-order valence-corrected chi connectivity index (χ0v) is 9.75. The summed E-state index contributed by atoms with van der Waals surface area (Å²) in [5.41, 5.74) is 0. The van der Waals surface area contributed by atoms with E-state index in [0.717, 1.165) is 19.4 Å². The van der Waals surface area contributed by atoms with Crippen LogP contribution in [0, 0.1) is 0 Å². The van der Waals surface area contributed by atoms with Crippen molar-refractivity contribution >= 4 is 12.0 Å². The van der Waals surface area contributed by atoms with E-state index in [4.69, 9.17) is 4.42 Å². The number of aromatic nitrogens is 2. The Balaban J connectivity index is 1.84. The van der Waals surface area contributed by atoms with Crippen LogP contribution in [0.1, 0.15) is 24.8 Å². The smallest absolute Gasteiger partial charge is 0.405 e. The number of urea groups is 1. The molecule has 1 aromatic heterocycles. The largest absolute Gasteiger partial charge is 0.406 e. The lowest BCUT2D eigenvalue weighted by Gasteiger charge is -2.07. The Morgan fingerprint density at radius 3 is 2.89 bits per heavy atom. The predicted molar refractivity (Wildman–Crippen MR) is 57.4 cm³/mol. The summed E-state index contributed by atoms with van der Waals surface area (Å²) in [7, 11) is 0.